The van der Waals surface area contributed by atoms with Gasteiger partial charge in [-0.25, -0.2) is 0 Å². The van der Waals surface area contributed by atoms with Crippen LogP contribution in [0.25, 0.3) is 0 Å². The summed E-state index contributed by atoms with van der Waals surface area (Å²) in [6.45, 7) is 5.53. The summed E-state index contributed by atoms with van der Waals surface area (Å²) in [4.78, 5) is 23.7. The number of carbonyl (C=O) groups excluding carboxylic acids is 2. The maximum Gasteiger partial charge on any atom is 0.294 e. The van der Waals surface area contributed by atoms with Crippen LogP contribution in [0.3, 0.4) is 0 Å². The van der Waals surface area contributed by atoms with Crippen molar-refractivity contribution in [3.05, 3.63) is 47.3 Å². The van der Waals surface area contributed by atoms with Crippen molar-refractivity contribution in [1.29, 1.82) is 0 Å². The van der Waals surface area contributed by atoms with Crippen molar-refractivity contribution in [3.8, 4) is 0 Å². The summed E-state index contributed by atoms with van der Waals surface area (Å²) in [5.74, 6) is -0.377. The monoisotopic (exact) mass is 287 g/mol. The van der Waals surface area contributed by atoms with Crippen molar-refractivity contribution in [1.82, 2.24) is 10.5 Å². The van der Waals surface area contributed by atoms with Crippen molar-refractivity contribution in [2.45, 2.75) is 26.8 Å². The third kappa shape index (κ3) is 3.92. The second kappa shape index (κ2) is 6.21. The molecule has 2 amide bonds. The summed E-state index contributed by atoms with van der Waals surface area (Å²) in [6, 6.07) is 8.26. The van der Waals surface area contributed by atoms with Gasteiger partial charge in [-0.1, -0.05) is 5.16 Å². The van der Waals surface area contributed by atoms with Crippen molar-refractivity contribution in [2.75, 3.05) is 5.32 Å². The van der Waals surface area contributed by atoms with Gasteiger partial charge in [0.25, 0.3) is 11.8 Å². The molecule has 2 N–H and O–H groups in total. The highest BCUT2D eigenvalue weighted by molar-refractivity contribution is 6.02. The first-order valence-electron chi connectivity index (χ1n) is 6.61. The van der Waals surface area contributed by atoms with E-state index in [4.69, 9.17) is 4.52 Å². The van der Waals surface area contributed by atoms with Gasteiger partial charge in [-0.15, -0.1) is 0 Å². The number of carbonyl (C=O) groups is 2. The summed E-state index contributed by atoms with van der Waals surface area (Å²) in [6.07, 6.45) is 0. The zero-order valence-corrected chi connectivity index (χ0v) is 12.1. The Balaban J connectivity index is 2.02. The standard InChI is InChI=1S/C15H17N3O3/c1-9(2)16-14(19)11-4-6-12(7-5-11)17-15(20)13-8-10(3)18-21-13/h4-9H,1-3H3,(H,16,19)(H,17,20). The average Bonchev–Trinajstić information content (AvgIpc) is 2.85. The number of anilines is 1. The Bertz CT molecular complexity index is 644. The number of nitrogens with zero attached hydrogens (tertiary/aromatic N) is 1. The third-order valence-electron chi connectivity index (χ3n) is 2.68. The highest BCUT2D eigenvalue weighted by Gasteiger charge is 2.12. The smallest absolute Gasteiger partial charge is 0.294 e. The van der Waals surface area contributed by atoms with Crippen LogP contribution >= 0.6 is 0 Å². The molecule has 0 aliphatic heterocycles. The average molecular weight is 287 g/mol. The van der Waals surface area contributed by atoms with Gasteiger partial charge in [0.05, 0.1) is 5.69 Å². The van der Waals surface area contributed by atoms with E-state index in [2.05, 4.69) is 15.8 Å². The number of benzene rings is 1. The zero-order valence-electron chi connectivity index (χ0n) is 12.1. The molecule has 0 spiro atoms. The number of amides is 2. The third-order valence-corrected chi connectivity index (χ3v) is 2.68. The fraction of sp³-hybridized carbons (Fsp3) is 0.267. The lowest BCUT2D eigenvalue weighted by molar-refractivity contribution is 0.0942. The number of rotatable bonds is 4. The fourth-order valence-electron chi connectivity index (χ4n) is 1.71. The van der Waals surface area contributed by atoms with Gasteiger partial charge in [0.2, 0.25) is 5.76 Å². The Morgan fingerprint density at radius 2 is 1.81 bits per heavy atom. The van der Waals surface area contributed by atoms with Crippen LogP contribution in [0.5, 0.6) is 0 Å². The predicted molar refractivity (Wildman–Crippen MR) is 78.2 cm³/mol. The Hall–Kier alpha value is -2.63. The van der Waals surface area contributed by atoms with Crippen LogP contribution in [-0.2, 0) is 0 Å². The summed E-state index contributed by atoms with van der Waals surface area (Å²) in [5, 5.41) is 9.13. The molecular weight excluding hydrogens is 270 g/mol. The van der Waals surface area contributed by atoms with E-state index in [-0.39, 0.29) is 23.6 Å². The zero-order chi connectivity index (χ0) is 15.4. The van der Waals surface area contributed by atoms with Gasteiger partial charge in [-0.3, -0.25) is 9.59 Å². The maximum atomic E-state index is 11.9. The van der Waals surface area contributed by atoms with Gasteiger partial charge < -0.3 is 15.2 Å². The van der Waals surface area contributed by atoms with Crippen LogP contribution in [0.1, 0.15) is 40.5 Å². The summed E-state index contributed by atoms with van der Waals surface area (Å²) in [5.41, 5.74) is 1.76. The highest BCUT2D eigenvalue weighted by Crippen LogP contribution is 2.12. The number of aromatic nitrogens is 1. The van der Waals surface area contributed by atoms with Crippen LogP contribution in [0.15, 0.2) is 34.9 Å². The molecule has 6 nitrogen and oxygen atoms in total. The molecule has 2 aromatic rings. The molecule has 0 saturated carbocycles. The van der Waals surface area contributed by atoms with Crippen molar-refractivity contribution < 1.29 is 14.1 Å². The molecule has 0 unspecified atom stereocenters. The molecule has 0 bridgehead atoms. The molecule has 1 heterocycles. The molecule has 0 saturated heterocycles. The minimum atomic E-state index is -0.380. The van der Waals surface area contributed by atoms with Crippen LogP contribution in [0.2, 0.25) is 0 Å². The number of nitrogens with one attached hydrogen (secondary N) is 2. The van der Waals surface area contributed by atoms with Crippen molar-refractivity contribution >= 4 is 17.5 Å². The lowest BCUT2D eigenvalue weighted by Gasteiger charge is -2.09. The Morgan fingerprint density at radius 3 is 2.33 bits per heavy atom. The lowest BCUT2D eigenvalue weighted by atomic mass is 10.2. The second-order valence-electron chi connectivity index (χ2n) is 4.99. The molecule has 21 heavy (non-hydrogen) atoms. The quantitative estimate of drug-likeness (QED) is 0.904. The van der Waals surface area contributed by atoms with Crippen molar-refractivity contribution in [3.63, 3.8) is 0 Å². The molecule has 0 fully saturated rings. The van der Waals surface area contributed by atoms with E-state index >= 15 is 0 Å². The van der Waals surface area contributed by atoms with Crippen LogP contribution in [-0.4, -0.2) is 23.0 Å². The van der Waals surface area contributed by atoms with Crippen LogP contribution < -0.4 is 10.6 Å². The van der Waals surface area contributed by atoms with Gasteiger partial charge in [0.15, 0.2) is 0 Å². The largest absolute Gasteiger partial charge is 0.351 e. The lowest BCUT2D eigenvalue weighted by Crippen LogP contribution is -2.30. The molecule has 2 rings (SSSR count). The van der Waals surface area contributed by atoms with Gasteiger partial charge >= 0.3 is 0 Å². The Labute approximate surface area is 122 Å². The Morgan fingerprint density at radius 1 is 1.14 bits per heavy atom. The molecule has 0 aliphatic carbocycles. The van der Waals surface area contributed by atoms with Gasteiger partial charge in [0.1, 0.15) is 0 Å². The van der Waals surface area contributed by atoms with E-state index in [9.17, 15) is 9.59 Å². The molecule has 0 atom stereocenters. The van der Waals surface area contributed by atoms with E-state index in [1.54, 1.807) is 37.3 Å². The van der Waals surface area contributed by atoms with E-state index in [0.29, 0.717) is 16.9 Å². The molecular formula is C15H17N3O3. The van der Waals surface area contributed by atoms with E-state index in [1.165, 1.54) is 0 Å². The Kier molecular flexibility index (Phi) is 4.37. The molecule has 6 heteroatoms. The first kappa shape index (κ1) is 14.8. The minimum absolute atomic E-state index is 0.0755. The highest BCUT2D eigenvalue weighted by atomic mass is 16.5. The molecule has 1 aromatic carbocycles. The summed E-state index contributed by atoms with van der Waals surface area (Å²) in [7, 11) is 0. The topological polar surface area (TPSA) is 84.2 Å². The van der Waals surface area contributed by atoms with Crippen LogP contribution in [0.4, 0.5) is 5.69 Å². The molecule has 0 aliphatic rings. The summed E-state index contributed by atoms with van der Waals surface area (Å²) < 4.78 is 4.88. The molecule has 1 aromatic heterocycles. The SMILES string of the molecule is Cc1cc(C(=O)Nc2ccc(C(=O)NC(C)C)cc2)on1. The van der Waals surface area contributed by atoms with E-state index in [1.807, 2.05) is 13.8 Å². The van der Waals surface area contributed by atoms with Gasteiger partial charge in [-0.2, -0.15) is 0 Å². The van der Waals surface area contributed by atoms with Crippen molar-refractivity contribution in [2.24, 2.45) is 0 Å². The van der Waals surface area contributed by atoms with E-state index in [0.717, 1.165) is 0 Å². The number of hydrogen-bond donors (Lipinski definition) is 2. The number of hydrogen-bond acceptors (Lipinski definition) is 4. The molecule has 0 radical (unpaired) electrons. The number of aryl methyl sites for hydroxylation is 1. The first-order valence-corrected chi connectivity index (χ1v) is 6.61. The first-order chi connectivity index (χ1) is 9.95. The fourth-order valence-corrected chi connectivity index (χ4v) is 1.71. The minimum Gasteiger partial charge on any atom is -0.351 e. The maximum absolute atomic E-state index is 11.9. The second-order valence-corrected chi connectivity index (χ2v) is 4.99. The van der Waals surface area contributed by atoms with E-state index < -0.39 is 0 Å². The summed E-state index contributed by atoms with van der Waals surface area (Å²) >= 11 is 0. The van der Waals surface area contributed by atoms with Crippen LogP contribution in [0, 0.1) is 6.92 Å². The van der Waals surface area contributed by atoms with Gasteiger partial charge in [-0.05, 0) is 45.0 Å². The molecule has 110 valence electrons. The van der Waals surface area contributed by atoms with Gasteiger partial charge in [0, 0.05) is 23.4 Å². The predicted octanol–water partition coefficient (Wildman–Crippen LogP) is 2.37. The normalized spacial score (nSPS) is 10.5.